The first kappa shape index (κ1) is 38.6. The van der Waals surface area contributed by atoms with Crippen molar-refractivity contribution in [3.8, 4) is 46.0 Å². The van der Waals surface area contributed by atoms with Crippen molar-refractivity contribution in [2.45, 2.75) is 44.6 Å². The van der Waals surface area contributed by atoms with Gasteiger partial charge in [-0.05, 0) is 67.6 Å². The SMILES string of the molecule is COc1cc2ccc1CNC(=O)C1(CCN(Cc3cccc(OC)c3OC(C)C(=O)O)CC1)Oc1ccc(cc1)OCCNC(=O)c1ccc(OC)c(c1)O2. The van der Waals surface area contributed by atoms with Crippen molar-refractivity contribution in [3.63, 3.8) is 0 Å². The van der Waals surface area contributed by atoms with Gasteiger partial charge in [-0.25, -0.2) is 4.79 Å². The number of nitrogens with one attached hydrogen (secondary N) is 2. The lowest BCUT2D eigenvalue weighted by atomic mass is 9.89. The van der Waals surface area contributed by atoms with Crippen LogP contribution in [0.1, 0.15) is 41.3 Å². The van der Waals surface area contributed by atoms with Crippen LogP contribution >= 0.6 is 0 Å². The van der Waals surface area contributed by atoms with Crippen LogP contribution < -0.4 is 43.8 Å². The van der Waals surface area contributed by atoms with E-state index in [4.69, 9.17) is 33.2 Å². The number of likely N-dealkylation sites (tertiary alicyclic amines) is 1. The van der Waals surface area contributed by atoms with Gasteiger partial charge in [-0.15, -0.1) is 0 Å². The van der Waals surface area contributed by atoms with Crippen LogP contribution in [0.3, 0.4) is 0 Å². The third kappa shape index (κ3) is 9.15. The number of carbonyl (C=O) groups excluding carboxylic acids is 2. The lowest BCUT2D eigenvalue weighted by Crippen LogP contribution is -2.57. The Morgan fingerprint density at radius 1 is 0.855 bits per heavy atom. The van der Waals surface area contributed by atoms with E-state index in [1.54, 1.807) is 66.7 Å². The number of amides is 2. The average Bonchev–Trinajstić information content (AvgIpc) is 3.20. The van der Waals surface area contributed by atoms with Gasteiger partial charge in [0.25, 0.3) is 11.8 Å². The molecule has 1 spiro atoms. The first-order valence-electron chi connectivity index (χ1n) is 17.9. The van der Waals surface area contributed by atoms with Crippen molar-refractivity contribution >= 4 is 17.8 Å². The maximum Gasteiger partial charge on any atom is 0.344 e. The highest BCUT2D eigenvalue weighted by Gasteiger charge is 2.44. The number of rotatable bonds is 8. The monoisotopic (exact) mass is 755 g/mol. The van der Waals surface area contributed by atoms with E-state index in [2.05, 4.69) is 15.5 Å². The minimum Gasteiger partial charge on any atom is -0.496 e. The van der Waals surface area contributed by atoms with Gasteiger partial charge in [0.15, 0.2) is 34.7 Å². The van der Waals surface area contributed by atoms with E-state index in [-0.39, 0.29) is 31.5 Å². The molecule has 14 heteroatoms. The molecule has 0 aromatic heterocycles. The van der Waals surface area contributed by atoms with Gasteiger partial charge in [-0.3, -0.25) is 14.5 Å². The number of piperidine rings is 1. The summed E-state index contributed by atoms with van der Waals surface area (Å²) in [5.74, 6) is 1.90. The summed E-state index contributed by atoms with van der Waals surface area (Å²) < 4.78 is 41.1. The molecule has 2 amide bonds. The summed E-state index contributed by atoms with van der Waals surface area (Å²) in [5.41, 5.74) is 0.636. The number of ether oxygens (including phenoxy) is 7. The average molecular weight is 756 g/mol. The quantitative estimate of drug-likeness (QED) is 0.216. The van der Waals surface area contributed by atoms with Crippen LogP contribution in [-0.4, -0.2) is 87.1 Å². The molecule has 5 heterocycles. The van der Waals surface area contributed by atoms with Gasteiger partial charge in [-0.2, -0.15) is 0 Å². The summed E-state index contributed by atoms with van der Waals surface area (Å²) in [7, 11) is 4.56. The van der Waals surface area contributed by atoms with Gasteiger partial charge >= 0.3 is 5.97 Å². The van der Waals surface area contributed by atoms with Crippen LogP contribution in [-0.2, 0) is 22.7 Å². The highest BCUT2D eigenvalue weighted by Crippen LogP contribution is 2.37. The van der Waals surface area contributed by atoms with Gasteiger partial charge < -0.3 is 48.9 Å². The Bertz CT molecular complexity index is 1990. The standard InChI is InChI=1S/C41H45N3O11/c1-26(39(46)47)53-37-29(6-5-7-34(37)50-3)25-44-19-16-41(17-20-44)40(48)43-24-28-8-10-32(23-35(28)51-4)54-36-22-27(9-15-33(36)49-2)38(45)42-18-21-52-30-11-13-31(55-41)14-12-30/h5-15,22-23,26H,16-21,24-25H2,1-4H3,(H,42,45)(H,43,48)(H,46,47). The number of methoxy groups -OCH3 is 3. The number of para-hydroxylation sites is 1. The highest BCUT2D eigenvalue weighted by molar-refractivity contribution is 5.95. The predicted octanol–water partition coefficient (Wildman–Crippen LogP) is 5.21. The molecule has 290 valence electrons. The minimum absolute atomic E-state index is 0.148. The van der Waals surface area contributed by atoms with Crippen LogP contribution in [0, 0.1) is 0 Å². The number of hydrogen-bond acceptors (Lipinski definition) is 11. The molecule has 0 aliphatic carbocycles. The molecule has 4 aromatic carbocycles. The fraction of sp³-hybridized carbons (Fsp3) is 0.341. The van der Waals surface area contributed by atoms with E-state index < -0.39 is 17.7 Å². The van der Waals surface area contributed by atoms with Crippen molar-refractivity contribution in [2.75, 3.05) is 47.6 Å². The van der Waals surface area contributed by atoms with Crippen molar-refractivity contribution in [1.29, 1.82) is 0 Å². The van der Waals surface area contributed by atoms with Crippen LogP contribution in [0.4, 0.5) is 0 Å². The summed E-state index contributed by atoms with van der Waals surface area (Å²) in [6, 6.07) is 22.6. The number of carbonyl (C=O) groups is 3. The molecule has 1 fully saturated rings. The largest absolute Gasteiger partial charge is 0.496 e. The fourth-order valence-corrected chi connectivity index (χ4v) is 6.46. The molecule has 55 heavy (non-hydrogen) atoms. The zero-order valence-electron chi connectivity index (χ0n) is 31.2. The molecule has 9 rings (SSSR count). The second kappa shape index (κ2) is 17.3. The topological polar surface area (TPSA) is 163 Å². The van der Waals surface area contributed by atoms with E-state index in [1.807, 2.05) is 12.1 Å². The number of nitrogens with zero attached hydrogens (tertiary/aromatic N) is 1. The Labute approximate surface area is 319 Å². The Kier molecular flexibility index (Phi) is 12.2. The van der Waals surface area contributed by atoms with Crippen molar-refractivity contribution in [1.82, 2.24) is 15.5 Å². The van der Waals surface area contributed by atoms with Crippen LogP contribution in [0.2, 0.25) is 0 Å². The molecule has 4 aromatic rings. The lowest BCUT2D eigenvalue weighted by Gasteiger charge is -2.40. The Balaban J connectivity index is 1.25. The van der Waals surface area contributed by atoms with Crippen LogP contribution in [0.5, 0.6) is 46.0 Å². The van der Waals surface area contributed by atoms with Crippen molar-refractivity contribution < 1.29 is 52.6 Å². The number of carboxylic acids is 1. The Hall–Kier alpha value is -6.15. The molecular weight excluding hydrogens is 710 g/mol. The first-order valence-corrected chi connectivity index (χ1v) is 17.9. The van der Waals surface area contributed by atoms with Gasteiger partial charge in [0.2, 0.25) is 0 Å². The van der Waals surface area contributed by atoms with E-state index in [9.17, 15) is 19.5 Å². The second-order valence-electron chi connectivity index (χ2n) is 13.1. The normalized spacial score (nSPS) is 16.5. The maximum absolute atomic E-state index is 14.3. The zero-order valence-corrected chi connectivity index (χ0v) is 31.2. The molecule has 6 bridgehead atoms. The lowest BCUT2D eigenvalue weighted by molar-refractivity contribution is -0.144. The molecular formula is C41H45N3O11. The van der Waals surface area contributed by atoms with Crippen LogP contribution in [0.25, 0.3) is 0 Å². The highest BCUT2D eigenvalue weighted by atomic mass is 16.5. The smallest absolute Gasteiger partial charge is 0.344 e. The molecule has 0 saturated carbocycles. The van der Waals surface area contributed by atoms with Gasteiger partial charge in [-0.1, -0.05) is 12.1 Å². The number of carboxylic acid groups (broad SMARTS) is 1. The Morgan fingerprint density at radius 3 is 2.27 bits per heavy atom. The zero-order chi connectivity index (χ0) is 39.0. The summed E-state index contributed by atoms with van der Waals surface area (Å²) >= 11 is 0. The van der Waals surface area contributed by atoms with E-state index in [1.165, 1.54) is 28.3 Å². The molecule has 3 N–H and O–H groups in total. The number of hydrogen-bond donors (Lipinski definition) is 3. The first-order chi connectivity index (χ1) is 26.6. The summed E-state index contributed by atoms with van der Waals surface area (Å²) in [6.07, 6.45) is -0.372. The van der Waals surface area contributed by atoms with Gasteiger partial charge in [0.1, 0.15) is 29.6 Å². The van der Waals surface area contributed by atoms with E-state index >= 15 is 0 Å². The number of aliphatic carboxylic acids is 1. The molecule has 5 aliphatic rings. The van der Waals surface area contributed by atoms with E-state index in [0.717, 1.165) is 5.56 Å². The second-order valence-corrected chi connectivity index (χ2v) is 13.1. The molecule has 0 radical (unpaired) electrons. The van der Waals surface area contributed by atoms with E-state index in [0.29, 0.717) is 89.6 Å². The van der Waals surface area contributed by atoms with Crippen molar-refractivity contribution in [2.24, 2.45) is 0 Å². The van der Waals surface area contributed by atoms with Crippen molar-refractivity contribution in [3.05, 3.63) is 95.6 Å². The number of benzene rings is 4. The van der Waals surface area contributed by atoms with Gasteiger partial charge in [0.05, 0.1) is 27.9 Å². The summed E-state index contributed by atoms with van der Waals surface area (Å²) in [4.78, 5) is 41.0. The molecule has 5 aliphatic heterocycles. The molecule has 1 saturated heterocycles. The third-order valence-corrected chi connectivity index (χ3v) is 9.54. The fourth-order valence-electron chi connectivity index (χ4n) is 6.46. The third-order valence-electron chi connectivity index (χ3n) is 9.54. The van der Waals surface area contributed by atoms with Crippen LogP contribution in [0.15, 0.2) is 78.9 Å². The maximum atomic E-state index is 14.3. The summed E-state index contributed by atoms with van der Waals surface area (Å²) in [6.45, 7) is 3.50. The molecule has 1 atom stereocenters. The predicted molar refractivity (Wildman–Crippen MR) is 201 cm³/mol. The minimum atomic E-state index is -1.22. The van der Waals surface area contributed by atoms with Gasteiger partial charge in [0, 0.05) is 61.8 Å². The Morgan fingerprint density at radius 2 is 1.56 bits per heavy atom. The molecule has 14 nitrogen and oxygen atoms in total. The summed E-state index contributed by atoms with van der Waals surface area (Å²) in [5, 5.41) is 15.4. The molecule has 1 unspecified atom stereocenters.